The second-order valence-corrected chi connectivity index (χ2v) is 6.49. The lowest BCUT2D eigenvalue weighted by Crippen LogP contribution is -2.34. The molecule has 1 aliphatic heterocycles. The van der Waals surface area contributed by atoms with Gasteiger partial charge in [0, 0.05) is 12.8 Å². The van der Waals surface area contributed by atoms with Crippen LogP contribution in [0.1, 0.15) is 43.4 Å². The van der Waals surface area contributed by atoms with Crippen molar-refractivity contribution < 1.29 is 14.7 Å². The first kappa shape index (κ1) is 14.2. The van der Waals surface area contributed by atoms with E-state index in [9.17, 15) is 9.59 Å². The van der Waals surface area contributed by atoms with Crippen LogP contribution in [-0.2, 0) is 9.59 Å². The highest BCUT2D eigenvalue weighted by Gasteiger charge is 2.53. The van der Waals surface area contributed by atoms with E-state index in [2.05, 4.69) is 16.8 Å². The minimum absolute atomic E-state index is 0.0181. The summed E-state index contributed by atoms with van der Waals surface area (Å²) in [5.74, 6) is 5.45. The Kier molecular flexibility index (Phi) is 3.79. The Balaban J connectivity index is 1.83. The molecular weight excluding hydrogens is 288 g/mol. The van der Waals surface area contributed by atoms with Crippen molar-refractivity contribution in [3.8, 4) is 11.8 Å². The SMILES string of the molecule is O=C1CC2(CCCC2)C(=O)N1c1ncc(C#CCCO)s1. The molecular formula is C15H16N2O3S. The zero-order valence-electron chi connectivity index (χ0n) is 11.6. The summed E-state index contributed by atoms with van der Waals surface area (Å²) in [6.45, 7) is 0.0181. The monoisotopic (exact) mass is 304 g/mol. The number of hydrogen-bond acceptors (Lipinski definition) is 5. The van der Waals surface area contributed by atoms with Crippen molar-refractivity contribution >= 4 is 28.3 Å². The summed E-state index contributed by atoms with van der Waals surface area (Å²) >= 11 is 1.25. The quantitative estimate of drug-likeness (QED) is 0.667. The molecule has 1 N–H and O–H groups in total. The van der Waals surface area contributed by atoms with Crippen molar-refractivity contribution in [1.82, 2.24) is 4.98 Å². The van der Waals surface area contributed by atoms with Crippen LogP contribution in [0.2, 0.25) is 0 Å². The molecule has 0 atom stereocenters. The Morgan fingerprint density at radius 1 is 1.38 bits per heavy atom. The predicted molar refractivity (Wildman–Crippen MR) is 78.7 cm³/mol. The van der Waals surface area contributed by atoms with Gasteiger partial charge in [0.05, 0.1) is 23.1 Å². The lowest BCUT2D eigenvalue weighted by Gasteiger charge is -2.19. The number of rotatable bonds is 2. The van der Waals surface area contributed by atoms with Gasteiger partial charge in [-0.2, -0.15) is 0 Å². The fraction of sp³-hybridized carbons (Fsp3) is 0.533. The number of hydrogen-bond donors (Lipinski definition) is 1. The minimum atomic E-state index is -0.467. The summed E-state index contributed by atoms with van der Waals surface area (Å²) < 4.78 is 0. The number of carbonyl (C=O) groups is 2. The molecule has 3 rings (SSSR count). The highest BCUT2D eigenvalue weighted by molar-refractivity contribution is 7.16. The van der Waals surface area contributed by atoms with E-state index in [4.69, 9.17) is 5.11 Å². The minimum Gasteiger partial charge on any atom is -0.395 e. The van der Waals surface area contributed by atoms with Crippen molar-refractivity contribution in [2.75, 3.05) is 11.5 Å². The molecule has 5 nitrogen and oxygen atoms in total. The lowest BCUT2D eigenvalue weighted by molar-refractivity contribution is -0.125. The number of anilines is 1. The van der Waals surface area contributed by atoms with Crippen LogP contribution in [-0.4, -0.2) is 28.5 Å². The number of aromatic nitrogens is 1. The van der Waals surface area contributed by atoms with E-state index < -0.39 is 5.41 Å². The van der Waals surface area contributed by atoms with Gasteiger partial charge in [0.15, 0.2) is 5.13 Å². The van der Waals surface area contributed by atoms with Gasteiger partial charge < -0.3 is 5.11 Å². The smallest absolute Gasteiger partial charge is 0.242 e. The maximum atomic E-state index is 12.6. The molecule has 2 aliphatic rings. The van der Waals surface area contributed by atoms with Crippen molar-refractivity contribution in [3.63, 3.8) is 0 Å². The average molecular weight is 304 g/mol. The molecule has 0 unspecified atom stereocenters. The van der Waals surface area contributed by atoms with Crippen molar-refractivity contribution in [3.05, 3.63) is 11.1 Å². The third-order valence-electron chi connectivity index (χ3n) is 4.09. The van der Waals surface area contributed by atoms with E-state index in [0.717, 1.165) is 25.7 Å². The van der Waals surface area contributed by atoms with Gasteiger partial charge >= 0.3 is 0 Å². The molecule has 1 aromatic rings. The first-order chi connectivity index (χ1) is 10.2. The van der Waals surface area contributed by atoms with E-state index in [-0.39, 0.29) is 18.4 Å². The molecule has 0 bridgehead atoms. The maximum absolute atomic E-state index is 12.6. The van der Waals surface area contributed by atoms with Crippen LogP contribution in [0, 0.1) is 17.3 Å². The number of imide groups is 1. The van der Waals surface area contributed by atoms with Crippen LogP contribution >= 0.6 is 11.3 Å². The van der Waals surface area contributed by atoms with Gasteiger partial charge in [-0.1, -0.05) is 36.0 Å². The van der Waals surface area contributed by atoms with E-state index in [1.54, 1.807) is 6.20 Å². The van der Waals surface area contributed by atoms with Gasteiger partial charge in [0.25, 0.3) is 0 Å². The Labute approximate surface area is 127 Å². The number of thiazole rings is 1. The summed E-state index contributed by atoms with van der Waals surface area (Å²) in [5.41, 5.74) is -0.467. The summed E-state index contributed by atoms with van der Waals surface area (Å²) in [6, 6.07) is 0. The van der Waals surface area contributed by atoms with Crippen LogP contribution < -0.4 is 4.90 Å². The summed E-state index contributed by atoms with van der Waals surface area (Å²) in [4.78, 5) is 30.9. The van der Waals surface area contributed by atoms with Crippen molar-refractivity contribution in [2.24, 2.45) is 5.41 Å². The largest absolute Gasteiger partial charge is 0.395 e. The number of amides is 2. The maximum Gasteiger partial charge on any atom is 0.242 e. The summed E-state index contributed by atoms with van der Waals surface area (Å²) in [5, 5.41) is 9.12. The molecule has 21 heavy (non-hydrogen) atoms. The molecule has 0 radical (unpaired) electrons. The van der Waals surface area contributed by atoms with E-state index in [1.807, 2.05) is 0 Å². The predicted octanol–water partition coefficient (Wildman–Crippen LogP) is 1.70. The van der Waals surface area contributed by atoms with Crippen LogP contribution in [0.4, 0.5) is 5.13 Å². The van der Waals surface area contributed by atoms with Gasteiger partial charge in [-0.3, -0.25) is 9.59 Å². The number of aliphatic hydroxyl groups excluding tert-OH is 1. The zero-order chi connectivity index (χ0) is 14.9. The molecule has 2 amide bonds. The lowest BCUT2D eigenvalue weighted by atomic mass is 9.85. The van der Waals surface area contributed by atoms with Crippen LogP contribution in [0.25, 0.3) is 0 Å². The highest BCUT2D eigenvalue weighted by atomic mass is 32.1. The standard InChI is InChI=1S/C15H16N2O3S/c18-8-4-1-5-11-10-16-14(21-11)17-12(19)9-15(13(17)20)6-2-3-7-15/h10,18H,2-4,6-9H2. The van der Waals surface area contributed by atoms with Crippen molar-refractivity contribution in [2.45, 2.75) is 38.5 Å². The van der Waals surface area contributed by atoms with Gasteiger partial charge in [0.1, 0.15) is 0 Å². The van der Waals surface area contributed by atoms with E-state index in [1.165, 1.54) is 16.2 Å². The van der Waals surface area contributed by atoms with E-state index in [0.29, 0.717) is 22.9 Å². The van der Waals surface area contributed by atoms with Crippen molar-refractivity contribution in [1.29, 1.82) is 0 Å². The Morgan fingerprint density at radius 3 is 2.86 bits per heavy atom. The number of aliphatic hydroxyl groups is 1. The molecule has 1 spiro atoms. The third-order valence-corrected chi connectivity index (χ3v) is 4.99. The van der Waals surface area contributed by atoms with Gasteiger partial charge in [-0.15, -0.1) is 0 Å². The zero-order valence-corrected chi connectivity index (χ0v) is 12.4. The topological polar surface area (TPSA) is 70.5 Å². The molecule has 1 aliphatic carbocycles. The molecule has 1 aromatic heterocycles. The third kappa shape index (κ3) is 2.47. The number of nitrogens with zero attached hydrogens (tertiary/aromatic N) is 2. The normalized spacial score (nSPS) is 20.1. The molecule has 1 saturated carbocycles. The molecule has 0 aromatic carbocycles. The highest BCUT2D eigenvalue weighted by Crippen LogP contribution is 2.48. The molecule has 2 fully saturated rings. The van der Waals surface area contributed by atoms with Crippen LogP contribution in [0.3, 0.4) is 0 Å². The first-order valence-corrected chi connectivity index (χ1v) is 7.91. The second kappa shape index (κ2) is 5.58. The Hall–Kier alpha value is -1.71. The van der Waals surface area contributed by atoms with Gasteiger partial charge in [0.2, 0.25) is 11.8 Å². The average Bonchev–Trinajstić information content (AvgIpc) is 3.14. The van der Waals surface area contributed by atoms with Crippen LogP contribution in [0.15, 0.2) is 6.20 Å². The fourth-order valence-corrected chi connectivity index (χ4v) is 3.87. The van der Waals surface area contributed by atoms with E-state index >= 15 is 0 Å². The molecule has 1 saturated heterocycles. The first-order valence-electron chi connectivity index (χ1n) is 7.09. The molecule has 6 heteroatoms. The van der Waals surface area contributed by atoms with Gasteiger partial charge in [-0.05, 0) is 12.8 Å². The Morgan fingerprint density at radius 2 is 2.14 bits per heavy atom. The molecule has 110 valence electrons. The molecule has 2 heterocycles. The second-order valence-electron chi connectivity index (χ2n) is 5.48. The van der Waals surface area contributed by atoms with Crippen LogP contribution in [0.5, 0.6) is 0 Å². The Bertz CT molecular complexity index is 635. The fourth-order valence-electron chi connectivity index (χ4n) is 3.06. The summed E-state index contributed by atoms with van der Waals surface area (Å²) in [7, 11) is 0. The summed E-state index contributed by atoms with van der Waals surface area (Å²) in [6.07, 6.45) is 5.94. The number of carbonyl (C=O) groups excluding carboxylic acids is 2. The van der Waals surface area contributed by atoms with Gasteiger partial charge in [-0.25, -0.2) is 9.88 Å².